The number of hydrogen-bond donors (Lipinski definition) is 2. The molecule has 0 radical (unpaired) electrons. The molecular weight excluding hydrogens is 276 g/mol. The largest absolute Gasteiger partial charge is 0.484 e. The molecule has 1 aromatic rings. The molecule has 0 bridgehead atoms. The van der Waals surface area contributed by atoms with Crippen molar-refractivity contribution in [1.82, 2.24) is 10.6 Å². The lowest BCUT2D eigenvalue weighted by atomic mass is 9.87. The lowest BCUT2D eigenvalue weighted by molar-refractivity contribution is -0.124. The van der Waals surface area contributed by atoms with E-state index in [4.69, 9.17) is 4.74 Å². The van der Waals surface area contributed by atoms with Gasteiger partial charge in [0.2, 0.25) is 0 Å². The van der Waals surface area contributed by atoms with Crippen molar-refractivity contribution in [3.05, 3.63) is 29.8 Å². The van der Waals surface area contributed by atoms with Crippen LogP contribution in [0.5, 0.6) is 5.75 Å². The molecule has 1 aliphatic heterocycles. The third-order valence-corrected chi connectivity index (χ3v) is 4.22. The van der Waals surface area contributed by atoms with Gasteiger partial charge in [0.15, 0.2) is 6.61 Å². The van der Waals surface area contributed by atoms with Gasteiger partial charge >= 0.3 is 0 Å². The van der Waals surface area contributed by atoms with Gasteiger partial charge in [-0.15, -0.1) is 0 Å². The predicted octanol–water partition coefficient (Wildman–Crippen LogP) is 2.48. The van der Waals surface area contributed by atoms with Crippen LogP contribution in [0.25, 0.3) is 0 Å². The number of amides is 1. The number of carbonyl (C=O) groups excluding carboxylic acids is 1. The lowest BCUT2D eigenvalue weighted by Gasteiger charge is -2.30. The van der Waals surface area contributed by atoms with E-state index < -0.39 is 0 Å². The van der Waals surface area contributed by atoms with Crippen LogP contribution in [0, 0.1) is 5.92 Å². The Balaban J connectivity index is 1.81. The third-order valence-electron chi connectivity index (χ3n) is 4.22. The summed E-state index contributed by atoms with van der Waals surface area (Å²) in [6.45, 7) is 10.7. The van der Waals surface area contributed by atoms with Crippen LogP contribution in [-0.4, -0.2) is 31.6 Å². The van der Waals surface area contributed by atoms with Crippen molar-refractivity contribution >= 4 is 5.91 Å². The van der Waals surface area contributed by atoms with Crippen LogP contribution < -0.4 is 15.4 Å². The first-order chi connectivity index (χ1) is 10.4. The first-order valence-corrected chi connectivity index (χ1v) is 8.09. The van der Waals surface area contributed by atoms with E-state index in [1.54, 1.807) is 0 Å². The quantitative estimate of drug-likeness (QED) is 0.898. The van der Waals surface area contributed by atoms with Gasteiger partial charge in [0.25, 0.3) is 5.91 Å². The molecule has 122 valence electrons. The van der Waals surface area contributed by atoms with E-state index in [0.717, 1.165) is 25.3 Å². The normalized spacial score (nSPS) is 22.2. The second-order valence-electron chi connectivity index (χ2n) is 7.21. The van der Waals surface area contributed by atoms with Gasteiger partial charge in [0.1, 0.15) is 5.75 Å². The average Bonchev–Trinajstić information content (AvgIpc) is 2.47. The van der Waals surface area contributed by atoms with E-state index >= 15 is 0 Å². The van der Waals surface area contributed by atoms with E-state index in [1.165, 1.54) is 5.56 Å². The summed E-state index contributed by atoms with van der Waals surface area (Å²) in [6.07, 6.45) is 0.979. The second-order valence-corrected chi connectivity index (χ2v) is 7.21. The van der Waals surface area contributed by atoms with Crippen LogP contribution in [0.4, 0.5) is 0 Å². The topological polar surface area (TPSA) is 50.4 Å². The molecule has 1 aromatic carbocycles. The molecule has 22 heavy (non-hydrogen) atoms. The van der Waals surface area contributed by atoms with Gasteiger partial charge in [0.05, 0.1) is 0 Å². The van der Waals surface area contributed by atoms with Gasteiger partial charge in [-0.05, 0) is 48.5 Å². The summed E-state index contributed by atoms with van der Waals surface area (Å²) >= 11 is 0. The Kier molecular flexibility index (Phi) is 5.46. The van der Waals surface area contributed by atoms with Gasteiger partial charge in [-0.2, -0.15) is 0 Å². The Morgan fingerprint density at radius 3 is 2.59 bits per heavy atom. The van der Waals surface area contributed by atoms with Gasteiger partial charge in [0, 0.05) is 6.04 Å². The number of hydrogen-bond acceptors (Lipinski definition) is 3. The molecule has 1 fully saturated rings. The van der Waals surface area contributed by atoms with E-state index in [9.17, 15) is 4.79 Å². The van der Waals surface area contributed by atoms with Gasteiger partial charge < -0.3 is 15.4 Å². The molecule has 2 unspecified atom stereocenters. The zero-order valence-corrected chi connectivity index (χ0v) is 14.1. The predicted molar refractivity (Wildman–Crippen MR) is 89.2 cm³/mol. The minimum absolute atomic E-state index is 0.0429. The van der Waals surface area contributed by atoms with Crippen molar-refractivity contribution in [2.75, 3.05) is 19.7 Å². The average molecular weight is 304 g/mol. The minimum Gasteiger partial charge on any atom is -0.484 e. The highest BCUT2D eigenvalue weighted by molar-refractivity contribution is 5.77. The molecule has 0 spiro atoms. The van der Waals surface area contributed by atoms with Crippen molar-refractivity contribution in [2.45, 2.75) is 45.6 Å². The molecule has 0 aliphatic carbocycles. The highest BCUT2D eigenvalue weighted by atomic mass is 16.5. The summed E-state index contributed by atoms with van der Waals surface area (Å²) in [5.41, 5.74) is 1.38. The molecular formula is C18H28N2O2. The summed E-state index contributed by atoms with van der Waals surface area (Å²) < 4.78 is 5.58. The second kappa shape index (κ2) is 7.14. The monoisotopic (exact) mass is 304 g/mol. The van der Waals surface area contributed by atoms with Crippen molar-refractivity contribution < 1.29 is 9.53 Å². The first kappa shape index (κ1) is 16.8. The van der Waals surface area contributed by atoms with Crippen LogP contribution >= 0.6 is 0 Å². The fourth-order valence-electron chi connectivity index (χ4n) is 2.68. The van der Waals surface area contributed by atoms with E-state index in [1.807, 2.05) is 12.1 Å². The zero-order chi connectivity index (χ0) is 16.2. The van der Waals surface area contributed by atoms with Crippen LogP contribution in [0.15, 0.2) is 24.3 Å². The smallest absolute Gasteiger partial charge is 0.258 e. The summed E-state index contributed by atoms with van der Waals surface area (Å²) in [7, 11) is 0. The van der Waals surface area contributed by atoms with Crippen molar-refractivity contribution in [3.8, 4) is 5.75 Å². The highest BCUT2D eigenvalue weighted by Crippen LogP contribution is 2.24. The Morgan fingerprint density at radius 2 is 2.00 bits per heavy atom. The summed E-state index contributed by atoms with van der Waals surface area (Å²) in [6, 6.07) is 8.23. The van der Waals surface area contributed by atoms with Crippen molar-refractivity contribution in [2.24, 2.45) is 5.92 Å². The number of carbonyl (C=O) groups is 1. The van der Waals surface area contributed by atoms with Crippen LogP contribution in [0.3, 0.4) is 0 Å². The Hall–Kier alpha value is -1.55. The number of ether oxygens (including phenoxy) is 1. The molecule has 1 heterocycles. The fourth-order valence-corrected chi connectivity index (χ4v) is 2.68. The zero-order valence-electron chi connectivity index (χ0n) is 14.1. The highest BCUT2D eigenvalue weighted by Gasteiger charge is 2.22. The molecule has 1 aliphatic rings. The minimum atomic E-state index is -0.0429. The fraction of sp³-hybridized carbons (Fsp3) is 0.611. The van der Waals surface area contributed by atoms with Crippen molar-refractivity contribution in [1.29, 1.82) is 0 Å². The van der Waals surface area contributed by atoms with E-state index in [2.05, 4.69) is 50.5 Å². The standard InChI is InChI=1S/C18H28N2O2/c1-13-11-19-10-9-16(13)20-17(21)12-22-15-7-5-14(6-8-15)18(2,3)4/h5-8,13,16,19H,9-12H2,1-4H3,(H,20,21). The van der Waals surface area contributed by atoms with E-state index in [0.29, 0.717) is 5.92 Å². The number of rotatable bonds is 4. The molecule has 0 saturated carbocycles. The van der Waals surface area contributed by atoms with E-state index in [-0.39, 0.29) is 24.0 Å². The van der Waals surface area contributed by atoms with Gasteiger partial charge in [-0.25, -0.2) is 0 Å². The molecule has 2 rings (SSSR count). The van der Waals surface area contributed by atoms with Crippen LogP contribution in [0.2, 0.25) is 0 Å². The number of nitrogens with one attached hydrogen (secondary N) is 2. The van der Waals surface area contributed by atoms with Crippen molar-refractivity contribution in [3.63, 3.8) is 0 Å². The Labute approximate surface area is 133 Å². The molecule has 2 atom stereocenters. The Morgan fingerprint density at radius 1 is 1.32 bits per heavy atom. The van der Waals surface area contributed by atoms with Gasteiger partial charge in [-0.1, -0.05) is 39.8 Å². The Bertz CT molecular complexity index is 491. The maximum absolute atomic E-state index is 12.0. The lowest BCUT2D eigenvalue weighted by Crippen LogP contribution is -2.49. The maximum Gasteiger partial charge on any atom is 0.258 e. The SMILES string of the molecule is CC1CNCCC1NC(=O)COc1ccc(C(C)(C)C)cc1. The number of benzene rings is 1. The summed E-state index contributed by atoms with van der Waals surface area (Å²) in [5, 5.41) is 6.40. The van der Waals surface area contributed by atoms with Gasteiger partial charge in [-0.3, -0.25) is 4.79 Å². The molecule has 4 heteroatoms. The summed E-state index contributed by atoms with van der Waals surface area (Å²) in [5.74, 6) is 1.16. The van der Waals surface area contributed by atoms with Crippen LogP contribution in [0.1, 0.15) is 39.7 Å². The first-order valence-electron chi connectivity index (χ1n) is 8.09. The maximum atomic E-state index is 12.0. The molecule has 0 aromatic heterocycles. The number of piperidine rings is 1. The molecule has 2 N–H and O–H groups in total. The molecule has 1 saturated heterocycles. The summed E-state index contributed by atoms with van der Waals surface area (Å²) in [4.78, 5) is 12.0. The van der Waals surface area contributed by atoms with Crippen LogP contribution in [-0.2, 0) is 10.2 Å². The molecule has 1 amide bonds. The molecule has 4 nitrogen and oxygen atoms in total. The third kappa shape index (κ3) is 4.73.